The lowest BCUT2D eigenvalue weighted by Gasteiger charge is -2.20. The summed E-state index contributed by atoms with van der Waals surface area (Å²) < 4.78 is 58.3. The molecule has 1 saturated carbocycles. The lowest BCUT2D eigenvalue weighted by atomic mass is 10.1. The minimum Gasteiger partial charge on any atom is -0.435 e. The number of benzene rings is 1. The zero-order chi connectivity index (χ0) is 24.0. The largest absolute Gasteiger partial charge is 0.435 e. The van der Waals surface area contributed by atoms with Gasteiger partial charge in [0.05, 0.1) is 21.5 Å². The molecule has 4 rings (SSSR count). The van der Waals surface area contributed by atoms with Crippen LogP contribution in [0.4, 0.5) is 14.6 Å². The van der Waals surface area contributed by atoms with Crippen LogP contribution in [0, 0.1) is 17.2 Å². The fourth-order valence-electron chi connectivity index (χ4n) is 3.55. The highest BCUT2D eigenvalue weighted by atomic mass is 32.2. The van der Waals surface area contributed by atoms with Crippen molar-refractivity contribution in [1.82, 2.24) is 9.55 Å². The first kappa shape index (κ1) is 23.0. The number of nitrogens with zero attached hydrogens (tertiary/aromatic N) is 3. The Morgan fingerprint density at radius 3 is 2.55 bits per heavy atom. The van der Waals surface area contributed by atoms with Gasteiger partial charge in [0.25, 0.3) is 0 Å². The van der Waals surface area contributed by atoms with Gasteiger partial charge < -0.3 is 9.30 Å². The topological polar surface area (TPSA) is 97.0 Å². The van der Waals surface area contributed by atoms with E-state index in [2.05, 4.69) is 20.5 Å². The number of anilines is 1. The number of fused-ring (bicyclic) bond motifs is 1. The summed E-state index contributed by atoms with van der Waals surface area (Å²) in [7, 11) is -3.64. The Hall–Kier alpha value is -3.19. The second-order valence-electron chi connectivity index (χ2n) is 9.10. The number of aromatic nitrogens is 2. The second-order valence-corrected chi connectivity index (χ2v) is 11.5. The molecule has 0 aliphatic heterocycles. The quantitative estimate of drug-likeness (QED) is 0.512. The van der Waals surface area contributed by atoms with E-state index in [0.29, 0.717) is 40.2 Å². The summed E-state index contributed by atoms with van der Waals surface area (Å²) in [6.45, 7) is 2.45. The number of halogens is 2. The van der Waals surface area contributed by atoms with Crippen LogP contribution in [0.3, 0.4) is 0 Å². The van der Waals surface area contributed by atoms with Crippen LogP contribution in [0.5, 0.6) is 5.75 Å². The van der Waals surface area contributed by atoms with E-state index in [9.17, 15) is 22.5 Å². The van der Waals surface area contributed by atoms with Crippen molar-refractivity contribution in [3.63, 3.8) is 0 Å². The second kappa shape index (κ2) is 8.30. The van der Waals surface area contributed by atoms with Crippen molar-refractivity contribution in [2.75, 3.05) is 4.72 Å². The molecule has 33 heavy (non-hydrogen) atoms. The fourth-order valence-corrected chi connectivity index (χ4v) is 4.25. The van der Waals surface area contributed by atoms with E-state index < -0.39 is 21.4 Å². The Balaban J connectivity index is 1.80. The van der Waals surface area contributed by atoms with Crippen molar-refractivity contribution in [1.29, 1.82) is 5.26 Å². The van der Waals surface area contributed by atoms with Crippen molar-refractivity contribution < 1.29 is 21.9 Å². The van der Waals surface area contributed by atoms with Crippen LogP contribution in [-0.4, -0.2) is 29.3 Å². The molecular weight excluding hydrogens is 450 g/mol. The number of pyridine rings is 1. The molecule has 1 N–H and O–H groups in total. The molecule has 0 amide bonds. The smallest absolute Gasteiger partial charge is 0.387 e. The van der Waals surface area contributed by atoms with Gasteiger partial charge in [-0.2, -0.15) is 14.0 Å². The van der Waals surface area contributed by atoms with Gasteiger partial charge in [-0.15, -0.1) is 0 Å². The zero-order valence-corrected chi connectivity index (χ0v) is 19.3. The Morgan fingerprint density at radius 2 is 2.00 bits per heavy atom. The molecule has 7 nitrogen and oxygen atoms in total. The lowest BCUT2D eigenvalue weighted by Crippen LogP contribution is -2.33. The van der Waals surface area contributed by atoms with E-state index in [1.807, 2.05) is 4.57 Å². The normalized spacial score (nSPS) is 14.5. The maximum Gasteiger partial charge on any atom is 0.387 e. The third kappa shape index (κ3) is 4.64. The number of hydrogen-bond donors (Lipinski definition) is 1. The summed E-state index contributed by atoms with van der Waals surface area (Å²) in [4.78, 5) is 4.26. The van der Waals surface area contributed by atoms with E-state index in [1.54, 1.807) is 39.0 Å². The summed E-state index contributed by atoms with van der Waals surface area (Å²) in [6, 6.07) is 10.0. The van der Waals surface area contributed by atoms with Gasteiger partial charge in [0.1, 0.15) is 17.6 Å². The Bertz CT molecular complexity index is 1330. The molecule has 0 atom stereocenters. The molecule has 0 radical (unpaired) electrons. The summed E-state index contributed by atoms with van der Waals surface area (Å²) >= 11 is 0. The average Bonchev–Trinajstić information content (AvgIpc) is 3.49. The number of ether oxygens (including phenoxy) is 1. The highest BCUT2D eigenvalue weighted by Gasteiger charge is 2.30. The maximum atomic E-state index is 12.7. The number of hydrogen-bond acceptors (Lipinski definition) is 5. The van der Waals surface area contributed by atoms with Gasteiger partial charge in [-0.25, -0.2) is 13.4 Å². The number of nitriles is 1. The SMILES string of the molecule is CC(C)(C)S(=O)(=O)Nc1ccc(-c2c(C#N)c3ccc(OC(F)F)cc3n2CC2CC2)cn1. The van der Waals surface area contributed by atoms with Gasteiger partial charge in [-0.3, -0.25) is 4.72 Å². The Labute approximate surface area is 191 Å². The zero-order valence-electron chi connectivity index (χ0n) is 18.5. The van der Waals surface area contributed by atoms with Crippen LogP contribution < -0.4 is 9.46 Å². The first-order chi connectivity index (χ1) is 15.5. The minimum atomic E-state index is -3.64. The van der Waals surface area contributed by atoms with E-state index in [4.69, 9.17) is 0 Å². The molecule has 3 aromatic rings. The van der Waals surface area contributed by atoms with Crippen LogP contribution in [0.25, 0.3) is 22.2 Å². The molecule has 1 fully saturated rings. The van der Waals surface area contributed by atoms with Crippen LogP contribution in [0.2, 0.25) is 0 Å². The van der Waals surface area contributed by atoms with Crippen molar-refractivity contribution in [2.45, 2.75) is 51.5 Å². The molecule has 0 saturated heterocycles. The number of sulfonamides is 1. The predicted molar refractivity (Wildman–Crippen MR) is 122 cm³/mol. The molecule has 174 valence electrons. The van der Waals surface area contributed by atoms with Crippen molar-refractivity contribution in [3.8, 4) is 23.1 Å². The maximum absolute atomic E-state index is 12.7. The van der Waals surface area contributed by atoms with Gasteiger partial charge >= 0.3 is 6.61 Å². The first-order valence-corrected chi connectivity index (χ1v) is 12.0. The third-order valence-corrected chi connectivity index (χ3v) is 7.68. The van der Waals surface area contributed by atoms with Crippen molar-refractivity contribution in [2.24, 2.45) is 5.92 Å². The van der Waals surface area contributed by atoms with Gasteiger partial charge in [0, 0.05) is 29.8 Å². The van der Waals surface area contributed by atoms with Crippen LogP contribution in [0.1, 0.15) is 39.2 Å². The van der Waals surface area contributed by atoms with Gasteiger partial charge in [0.15, 0.2) is 0 Å². The summed E-state index contributed by atoms with van der Waals surface area (Å²) in [5.74, 6) is 0.634. The summed E-state index contributed by atoms with van der Waals surface area (Å²) in [5, 5.41) is 10.6. The van der Waals surface area contributed by atoms with E-state index in [1.165, 1.54) is 18.3 Å². The third-order valence-electron chi connectivity index (χ3n) is 5.59. The van der Waals surface area contributed by atoms with Gasteiger partial charge in [0.2, 0.25) is 10.0 Å². The predicted octanol–water partition coefficient (Wildman–Crippen LogP) is 5.13. The van der Waals surface area contributed by atoms with Crippen LogP contribution in [-0.2, 0) is 16.6 Å². The average molecular weight is 475 g/mol. The standard InChI is InChI=1S/C23H24F2N4O3S/c1-23(2,3)33(30,31)28-20-9-6-15(12-27-20)21-18(11-26)17-8-7-16(32-22(24)25)10-19(17)29(21)13-14-4-5-14/h6-10,12,14,22H,4-5,13H2,1-3H3,(H,27,28). The Morgan fingerprint density at radius 1 is 1.27 bits per heavy atom. The monoisotopic (exact) mass is 474 g/mol. The highest BCUT2D eigenvalue weighted by Crippen LogP contribution is 2.39. The minimum absolute atomic E-state index is 0.0214. The molecule has 0 bridgehead atoms. The highest BCUT2D eigenvalue weighted by molar-refractivity contribution is 7.94. The van der Waals surface area contributed by atoms with Crippen molar-refractivity contribution >= 4 is 26.7 Å². The molecule has 1 aliphatic carbocycles. The van der Waals surface area contributed by atoms with Gasteiger partial charge in [-0.1, -0.05) is 0 Å². The van der Waals surface area contributed by atoms with Crippen molar-refractivity contribution in [3.05, 3.63) is 42.1 Å². The molecule has 1 aromatic carbocycles. The summed E-state index contributed by atoms with van der Waals surface area (Å²) in [5.41, 5.74) is 2.27. The van der Waals surface area contributed by atoms with E-state index in [-0.39, 0.29) is 11.6 Å². The molecular formula is C23H24F2N4O3S. The molecule has 2 heterocycles. The Kier molecular flexibility index (Phi) is 5.78. The number of rotatable bonds is 7. The molecule has 2 aromatic heterocycles. The number of nitrogens with one attached hydrogen (secondary N) is 1. The van der Waals surface area contributed by atoms with Gasteiger partial charge in [-0.05, 0) is 63.8 Å². The van der Waals surface area contributed by atoms with E-state index in [0.717, 1.165) is 12.8 Å². The molecule has 0 spiro atoms. The lowest BCUT2D eigenvalue weighted by molar-refractivity contribution is -0.0497. The molecule has 10 heteroatoms. The summed E-state index contributed by atoms with van der Waals surface area (Å²) in [6.07, 6.45) is 3.62. The van der Waals surface area contributed by atoms with Crippen LogP contribution >= 0.6 is 0 Å². The van der Waals surface area contributed by atoms with E-state index >= 15 is 0 Å². The van der Waals surface area contributed by atoms with Crippen LogP contribution in [0.15, 0.2) is 36.5 Å². The fraction of sp³-hybridized carbons (Fsp3) is 0.391. The number of alkyl halides is 2. The first-order valence-electron chi connectivity index (χ1n) is 10.5. The molecule has 1 aliphatic rings. The molecule has 0 unspecified atom stereocenters.